The number of ether oxygens (including phenoxy) is 5. The van der Waals surface area contributed by atoms with E-state index in [9.17, 15) is 19.2 Å². The second kappa shape index (κ2) is 34.1. The second-order valence-corrected chi connectivity index (χ2v) is 11.3. The molecule has 0 atom stereocenters. The van der Waals surface area contributed by atoms with Gasteiger partial charge in [0.25, 0.3) is 0 Å². The van der Waals surface area contributed by atoms with Crippen molar-refractivity contribution in [1.82, 2.24) is 0 Å². The van der Waals surface area contributed by atoms with E-state index in [0.29, 0.717) is 25.4 Å². The molecule has 0 heterocycles. The van der Waals surface area contributed by atoms with E-state index in [2.05, 4.69) is 24.5 Å². The van der Waals surface area contributed by atoms with E-state index in [-0.39, 0.29) is 36.3 Å². The first-order chi connectivity index (χ1) is 26.6. The van der Waals surface area contributed by atoms with Crippen molar-refractivity contribution < 1.29 is 42.9 Å². The third kappa shape index (κ3) is 27.6. The largest absolute Gasteiger partial charge is 0.490 e. The van der Waals surface area contributed by atoms with Crippen molar-refractivity contribution in [3.8, 4) is 11.5 Å². The first-order valence-electron chi connectivity index (χ1n) is 17.2. The van der Waals surface area contributed by atoms with Crippen LogP contribution >= 0.6 is 23.2 Å². The van der Waals surface area contributed by atoms with Gasteiger partial charge in [0.1, 0.15) is 37.9 Å². The summed E-state index contributed by atoms with van der Waals surface area (Å²) in [7, 11) is 0. The number of rotatable bonds is 16. The minimum absolute atomic E-state index is 0.0752. The minimum Gasteiger partial charge on any atom is -0.490 e. The molecule has 0 radical (unpaired) electrons. The first kappa shape index (κ1) is 49.4. The highest BCUT2D eigenvalue weighted by atomic mass is 35.5. The zero-order valence-corrected chi connectivity index (χ0v) is 32.9. The zero-order valence-electron chi connectivity index (χ0n) is 31.4. The highest BCUT2D eigenvalue weighted by molar-refractivity contribution is 6.40. The number of carbonyl (C=O) groups excluding carboxylic acids is 4. The normalized spacial score (nSPS) is 9.09. The molecule has 11 heteroatoms. The van der Waals surface area contributed by atoms with E-state index >= 15 is 0 Å². The Labute approximate surface area is 335 Å². The number of esters is 3. The second-order valence-electron chi connectivity index (χ2n) is 10.5. The summed E-state index contributed by atoms with van der Waals surface area (Å²) in [6, 6.07) is 37.3. The van der Waals surface area contributed by atoms with Crippen molar-refractivity contribution in [1.29, 1.82) is 0 Å². The van der Waals surface area contributed by atoms with Crippen LogP contribution in [0.5, 0.6) is 11.5 Å². The van der Waals surface area contributed by atoms with Crippen molar-refractivity contribution in [3.63, 3.8) is 0 Å². The molecule has 55 heavy (non-hydrogen) atoms. The molecule has 9 nitrogen and oxygen atoms in total. The molecule has 0 saturated heterocycles. The number of unbranched alkanes of at least 4 members (excludes halogenated alkanes) is 1. The van der Waals surface area contributed by atoms with E-state index in [4.69, 9.17) is 42.1 Å². The summed E-state index contributed by atoms with van der Waals surface area (Å²) in [6.07, 6.45) is 4.28. The molecule has 294 valence electrons. The van der Waals surface area contributed by atoms with Gasteiger partial charge in [-0.3, -0.25) is 4.79 Å². The molecule has 0 N–H and O–H groups in total. The summed E-state index contributed by atoms with van der Waals surface area (Å²) < 4.78 is 24.9. The molecular formula is C44H50Cl2O9. The molecule has 0 spiro atoms. The van der Waals surface area contributed by atoms with Crippen LogP contribution in [0.2, 0.25) is 0 Å². The van der Waals surface area contributed by atoms with Gasteiger partial charge in [0.2, 0.25) is 0 Å². The number of para-hydroxylation sites is 2. The smallest absolute Gasteiger partial charge is 0.333 e. The van der Waals surface area contributed by atoms with Gasteiger partial charge in [-0.05, 0) is 37.6 Å². The number of carbonyl (C=O) groups is 4. The summed E-state index contributed by atoms with van der Waals surface area (Å²) in [5, 5.41) is 0.194. The summed E-state index contributed by atoms with van der Waals surface area (Å²) >= 11 is 9.53. The third-order valence-corrected chi connectivity index (χ3v) is 6.16. The molecule has 0 aliphatic carbocycles. The van der Waals surface area contributed by atoms with E-state index in [1.54, 1.807) is 6.92 Å². The van der Waals surface area contributed by atoms with Crippen LogP contribution in [0.1, 0.15) is 42.6 Å². The Hall–Kier alpha value is -5.64. The molecule has 0 amide bonds. The van der Waals surface area contributed by atoms with Crippen molar-refractivity contribution in [2.45, 2.75) is 26.7 Å². The van der Waals surface area contributed by atoms with E-state index in [1.165, 1.54) is 6.08 Å². The fraction of sp³-hybridized carbons (Fsp3) is 0.227. The lowest BCUT2D eigenvalue weighted by Crippen LogP contribution is -2.12. The standard InChI is InChI=1S/C13H10O.C12H14O3.C11H12O3.C7H12O2.CH2Cl2/c14-13(11-7-3-1-4-8-11)12-9-5-2-6-10-12;1-10(2)12(13)15-9-8-14-11-6-4-3-5-7-11;1-2-11(12)14-9-8-13-10-6-4-3-5-7-10;1-3-5-6-9-7(8)4-2;2-1-3/h1-10H;3-7H,1,8-9H2,2H3;2-7H,1,8-9H2;4H,2-3,5-6H2,1H3;1H2. The van der Waals surface area contributed by atoms with Crippen LogP contribution in [0.25, 0.3) is 0 Å². The third-order valence-electron chi connectivity index (χ3n) is 6.16. The van der Waals surface area contributed by atoms with Crippen LogP contribution in [0.3, 0.4) is 0 Å². The van der Waals surface area contributed by atoms with E-state index < -0.39 is 5.97 Å². The van der Waals surface area contributed by atoms with Crippen molar-refractivity contribution in [2.24, 2.45) is 0 Å². The summed E-state index contributed by atoms with van der Waals surface area (Å²) in [6.45, 7) is 15.4. The number of hydrogen-bond acceptors (Lipinski definition) is 9. The van der Waals surface area contributed by atoms with Gasteiger partial charge in [-0.15, -0.1) is 23.2 Å². The van der Waals surface area contributed by atoms with E-state index in [0.717, 1.165) is 41.5 Å². The van der Waals surface area contributed by atoms with Gasteiger partial charge in [-0.25, -0.2) is 14.4 Å². The van der Waals surface area contributed by atoms with Gasteiger partial charge in [0.05, 0.1) is 11.9 Å². The molecule has 0 aliphatic heterocycles. The average Bonchev–Trinajstić information content (AvgIpc) is 3.23. The molecule has 0 saturated carbocycles. The molecule has 4 aromatic rings. The quantitative estimate of drug-likeness (QED) is 0.0273. The molecule has 4 aromatic carbocycles. The summed E-state index contributed by atoms with van der Waals surface area (Å²) in [4.78, 5) is 43.8. The zero-order chi connectivity index (χ0) is 40.9. The average molecular weight is 794 g/mol. The van der Waals surface area contributed by atoms with Crippen LogP contribution in [-0.4, -0.2) is 62.1 Å². The van der Waals surface area contributed by atoms with Gasteiger partial charge >= 0.3 is 17.9 Å². The van der Waals surface area contributed by atoms with Crippen molar-refractivity contribution >= 4 is 46.9 Å². The molecular weight excluding hydrogens is 743 g/mol. The van der Waals surface area contributed by atoms with Crippen LogP contribution in [0.15, 0.2) is 159 Å². The summed E-state index contributed by atoms with van der Waals surface area (Å²) in [5.41, 5.74) is 1.87. The highest BCUT2D eigenvalue weighted by Gasteiger charge is 2.06. The Morgan fingerprint density at radius 2 is 0.909 bits per heavy atom. The molecule has 4 rings (SSSR count). The van der Waals surface area contributed by atoms with Gasteiger partial charge in [0, 0.05) is 28.9 Å². The van der Waals surface area contributed by atoms with Crippen LogP contribution in [0, 0.1) is 0 Å². The first-order valence-corrected chi connectivity index (χ1v) is 18.2. The lowest BCUT2D eigenvalue weighted by atomic mass is 10.0. The van der Waals surface area contributed by atoms with Crippen molar-refractivity contribution in [3.05, 3.63) is 170 Å². The van der Waals surface area contributed by atoms with Gasteiger partial charge in [-0.1, -0.05) is 130 Å². The van der Waals surface area contributed by atoms with Gasteiger partial charge < -0.3 is 23.7 Å². The number of hydrogen-bond donors (Lipinski definition) is 0. The Balaban J connectivity index is 0.000000699. The maximum Gasteiger partial charge on any atom is 0.333 e. The van der Waals surface area contributed by atoms with Crippen LogP contribution in [0.4, 0.5) is 0 Å². The Morgan fingerprint density at radius 1 is 0.564 bits per heavy atom. The minimum atomic E-state index is -0.429. The molecule has 0 aliphatic rings. The SMILES string of the molecule is C=C(C)C(=O)OCCOc1ccccc1.C=CC(=O)OCCCC.C=CC(=O)OCCOc1ccccc1.ClCCl.O=C(c1ccccc1)c1ccccc1. The number of halogens is 2. The van der Waals surface area contributed by atoms with Crippen LogP contribution < -0.4 is 9.47 Å². The monoisotopic (exact) mass is 792 g/mol. The maximum absolute atomic E-state index is 11.8. The number of alkyl halides is 2. The molecule has 0 fully saturated rings. The summed E-state index contributed by atoms with van der Waals surface area (Å²) in [5.74, 6) is 0.467. The lowest BCUT2D eigenvalue weighted by molar-refractivity contribution is -0.140. The Kier molecular flexibility index (Phi) is 30.6. The predicted octanol–water partition coefficient (Wildman–Crippen LogP) is 9.83. The van der Waals surface area contributed by atoms with E-state index in [1.807, 2.05) is 128 Å². The number of ketones is 1. The number of benzene rings is 4. The fourth-order valence-corrected chi connectivity index (χ4v) is 3.53. The van der Waals surface area contributed by atoms with Gasteiger partial charge in [0.15, 0.2) is 5.78 Å². The Bertz CT molecular complexity index is 1590. The lowest BCUT2D eigenvalue weighted by Gasteiger charge is -2.06. The predicted molar refractivity (Wildman–Crippen MR) is 220 cm³/mol. The van der Waals surface area contributed by atoms with Crippen molar-refractivity contribution in [2.75, 3.05) is 38.4 Å². The molecule has 0 bridgehead atoms. The Morgan fingerprint density at radius 3 is 1.25 bits per heavy atom. The molecule has 0 unspecified atom stereocenters. The molecule has 0 aromatic heterocycles. The van der Waals surface area contributed by atoms with Crippen LogP contribution in [-0.2, 0) is 28.6 Å². The topological polar surface area (TPSA) is 114 Å². The fourth-order valence-electron chi connectivity index (χ4n) is 3.53. The van der Waals surface area contributed by atoms with Gasteiger partial charge in [-0.2, -0.15) is 0 Å². The highest BCUT2D eigenvalue weighted by Crippen LogP contribution is 2.10. The maximum atomic E-state index is 11.8.